The lowest BCUT2D eigenvalue weighted by Crippen LogP contribution is -2.22. The maximum Gasteiger partial charge on any atom is 0.240 e. The minimum atomic E-state index is -3.51. The van der Waals surface area contributed by atoms with E-state index in [1.165, 1.54) is 23.5 Å². The number of aliphatic hydroxyl groups is 1. The fraction of sp³-hybridized carbons (Fsp3) is 0.200. The molecule has 2 aromatic rings. The van der Waals surface area contributed by atoms with E-state index >= 15 is 0 Å². The van der Waals surface area contributed by atoms with Gasteiger partial charge < -0.3 is 5.11 Å². The van der Waals surface area contributed by atoms with Gasteiger partial charge in [0, 0.05) is 23.4 Å². The number of rotatable bonds is 5. The first-order valence-electron chi connectivity index (χ1n) is 6.34. The lowest BCUT2D eigenvalue weighted by molar-refractivity contribution is 0.305. The van der Waals surface area contributed by atoms with Crippen molar-refractivity contribution in [3.05, 3.63) is 52.2 Å². The maximum atomic E-state index is 12.1. The second kappa shape index (κ2) is 7.38. The summed E-state index contributed by atoms with van der Waals surface area (Å²) in [4.78, 5) is 1.18. The SMILES string of the molecule is O=S(=O)(NCc1cccs1)c1ccc(C#CCCO)cc1. The van der Waals surface area contributed by atoms with Crippen molar-refractivity contribution in [3.8, 4) is 11.8 Å². The van der Waals surface area contributed by atoms with E-state index in [0.29, 0.717) is 6.42 Å². The molecule has 0 fully saturated rings. The summed E-state index contributed by atoms with van der Waals surface area (Å²) in [6, 6.07) is 10.1. The molecular formula is C15H15NO3S2. The summed E-state index contributed by atoms with van der Waals surface area (Å²) in [5.74, 6) is 5.64. The number of thiophene rings is 1. The van der Waals surface area contributed by atoms with E-state index in [9.17, 15) is 8.42 Å². The van der Waals surface area contributed by atoms with Gasteiger partial charge in [0.1, 0.15) is 0 Å². The highest BCUT2D eigenvalue weighted by Gasteiger charge is 2.13. The van der Waals surface area contributed by atoms with E-state index in [1.54, 1.807) is 12.1 Å². The molecule has 0 unspecified atom stereocenters. The van der Waals surface area contributed by atoms with Crippen LogP contribution in [0.1, 0.15) is 16.9 Å². The monoisotopic (exact) mass is 321 g/mol. The zero-order valence-corrected chi connectivity index (χ0v) is 12.9. The van der Waals surface area contributed by atoms with E-state index in [1.807, 2.05) is 17.5 Å². The van der Waals surface area contributed by atoms with Crippen molar-refractivity contribution in [3.63, 3.8) is 0 Å². The van der Waals surface area contributed by atoms with Gasteiger partial charge in [-0.25, -0.2) is 13.1 Å². The third kappa shape index (κ3) is 4.69. The number of hydrogen-bond acceptors (Lipinski definition) is 4. The number of aliphatic hydroxyl groups excluding tert-OH is 1. The van der Waals surface area contributed by atoms with Gasteiger partial charge in [0.05, 0.1) is 11.5 Å². The Morgan fingerprint density at radius 2 is 1.95 bits per heavy atom. The molecule has 1 heterocycles. The van der Waals surface area contributed by atoms with Crippen LogP contribution in [0.4, 0.5) is 0 Å². The molecule has 6 heteroatoms. The van der Waals surface area contributed by atoms with E-state index in [2.05, 4.69) is 16.6 Å². The van der Waals surface area contributed by atoms with Gasteiger partial charge in [-0.3, -0.25) is 0 Å². The Bertz CT molecular complexity index is 723. The summed E-state index contributed by atoms with van der Waals surface area (Å²) in [6.07, 6.45) is 0.405. The summed E-state index contributed by atoms with van der Waals surface area (Å²) >= 11 is 1.51. The molecule has 0 bridgehead atoms. The molecule has 2 rings (SSSR count). The molecular weight excluding hydrogens is 306 g/mol. The molecule has 21 heavy (non-hydrogen) atoms. The van der Waals surface area contributed by atoms with Crippen LogP contribution in [0.15, 0.2) is 46.7 Å². The van der Waals surface area contributed by atoms with Gasteiger partial charge >= 0.3 is 0 Å². The molecule has 0 atom stereocenters. The molecule has 0 saturated heterocycles. The molecule has 0 saturated carbocycles. The third-order valence-electron chi connectivity index (χ3n) is 2.65. The summed E-state index contributed by atoms with van der Waals surface area (Å²) < 4.78 is 26.8. The Morgan fingerprint density at radius 1 is 1.19 bits per heavy atom. The number of sulfonamides is 1. The molecule has 0 amide bonds. The second-order valence-electron chi connectivity index (χ2n) is 4.20. The Kier molecular flexibility index (Phi) is 5.53. The fourth-order valence-electron chi connectivity index (χ4n) is 1.60. The maximum absolute atomic E-state index is 12.1. The van der Waals surface area contributed by atoms with Crippen molar-refractivity contribution in [1.29, 1.82) is 0 Å². The number of benzene rings is 1. The molecule has 0 aliphatic carbocycles. The van der Waals surface area contributed by atoms with E-state index in [4.69, 9.17) is 5.11 Å². The minimum Gasteiger partial charge on any atom is -0.395 e. The molecule has 0 aliphatic rings. The van der Waals surface area contributed by atoms with Gasteiger partial charge in [0.2, 0.25) is 10.0 Å². The second-order valence-corrected chi connectivity index (χ2v) is 7.00. The number of hydrogen-bond donors (Lipinski definition) is 2. The van der Waals surface area contributed by atoms with Crippen LogP contribution in [-0.4, -0.2) is 20.1 Å². The Balaban J connectivity index is 2.05. The fourth-order valence-corrected chi connectivity index (χ4v) is 3.34. The lowest BCUT2D eigenvalue weighted by atomic mass is 10.2. The van der Waals surface area contributed by atoms with E-state index < -0.39 is 10.0 Å². The highest BCUT2D eigenvalue weighted by atomic mass is 32.2. The van der Waals surface area contributed by atoms with Gasteiger partial charge in [-0.1, -0.05) is 17.9 Å². The van der Waals surface area contributed by atoms with Gasteiger partial charge in [0.15, 0.2) is 0 Å². The first-order chi connectivity index (χ1) is 10.1. The standard InChI is InChI=1S/C15H15NO3S2/c17-10-2-1-4-13-6-8-15(9-7-13)21(18,19)16-12-14-5-3-11-20-14/h3,5-9,11,16-17H,2,10,12H2. The zero-order valence-electron chi connectivity index (χ0n) is 11.2. The van der Waals surface area contributed by atoms with Crippen molar-refractivity contribution in [2.75, 3.05) is 6.61 Å². The van der Waals surface area contributed by atoms with Gasteiger partial charge in [-0.05, 0) is 35.7 Å². The van der Waals surface area contributed by atoms with Crippen molar-refractivity contribution in [2.24, 2.45) is 0 Å². The average molecular weight is 321 g/mol. The quantitative estimate of drug-likeness (QED) is 0.827. The minimum absolute atomic E-state index is 0.0199. The Morgan fingerprint density at radius 3 is 2.57 bits per heavy atom. The summed E-state index contributed by atoms with van der Waals surface area (Å²) in [5, 5.41) is 10.5. The summed E-state index contributed by atoms with van der Waals surface area (Å²) in [6.45, 7) is 0.310. The number of nitrogens with one attached hydrogen (secondary N) is 1. The largest absolute Gasteiger partial charge is 0.395 e. The average Bonchev–Trinajstić information content (AvgIpc) is 3.00. The van der Waals surface area contributed by atoms with Crippen LogP contribution in [0.25, 0.3) is 0 Å². The summed E-state index contributed by atoms with van der Waals surface area (Å²) in [7, 11) is -3.51. The predicted molar refractivity (Wildman–Crippen MR) is 83.4 cm³/mol. The normalized spacial score (nSPS) is 10.9. The zero-order chi connectivity index (χ0) is 15.1. The molecule has 1 aromatic carbocycles. The van der Waals surface area contributed by atoms with Crippen LogP contribution in [0.5, 0.6) is 0 Å². The van der Waals surface area contributed by atoms with E-state index in [-0.39, 0.29) is 18.0 Å². The van der Waals surface area contributed by atoms with Crippen LogP contribution in [0, 0.1) is 11.8 Å². The smallest absolute Gasteiger partial charge is 0.240 e. The summed E-state index contributed by atoms with van der Waals surface area (Å²) in [5.41, 5.74) is 0.723. The van der Waals surface area contributed by atoms with Crippen LogP contribution in [-0.2, 0) is 16.6 Å². The highest BCUT2D eigenvalue weighted by Crippen LogP contribution is 2.13. The lowest BCUT2D eigenvalue weighted by Gasteiger charge is -2.05. The molecule has 0 spiro atoms. The van der Waals surface area contributed by atoms with Crippen LogP contribution in [0.2, 0.25) is 0 Å². The predicted octanol–water partition coefficient (Wildman–Crippen LogP) is 1.96. The van der Waals surface area contributed by atoms with Gasteiger partial charge in [-0.2, -0.15) is 0 Å². The first kappa shape index (κ1) is 15.7. The van der Waals surface area contributed by atoms with Crippen molar-refractivity contribution in [1.82, 2.24) is 4.72 Å². The van der Waals surface area contributed by atoms with Crippen LogP contribution >= 0.6 is 11.3 Å². The molecule has 4 nitrogen and oxygen atoms in total. The van der Waals surface area contributed by atoms with Gasteiger partial charge in [-0.15, -0.1) is 11.3 Å². The topological polar surface area (TPSA) is 66.4 Å². The van der Waals surface area contributed by atoms with Crippen LogP contribution < -0.4 is 4.72 Å². The van der Waals surface area contributed by atoms with Crippen molar-refractivity contribution in [2.45, 2.75) is 17.9 Å². The Labute approximate surface area is 128 Å². The van der Waals surface area contributed by atoms with Crippen molar-refractivity contribution >= 4 is 21.4 Å². The molecule has 1 aromatic heterocycles. The van der Waals surface area contributed by atoms with E-state index in [0.717, 1.165) is 10.4 Å². The molecule has 110 valence electrons. The molecule has 0 aliphatic heterocycles. The molecule has 0 radical (unpaired) electrons. The highest BCUT2D eigenvalue weighted by molar-refractivity contribution is 7.89. The van der Waals surface area contributed by atoms with Crippen LogP contribution in [0.3, 0.4) is 0 Å². The van der Waals surface area contributed by atoms with Gasteiger partial charge in [0.25, 0.3) is 0 Å². The third-order valence-corrected chi connectivity index (χ3v) is 4.94. The Hall–Kier alpha value is -1.65. The van der Waals surface area contributed by atoms with Crippen molar-refractivity contribution < 1.29 is 13.5 Å². The first-order valence-corrected chi connectivity index (χ1v) is 8.70. The molecule has 2 N–H and O–H groups in total.